The summed E-state index contributed by atoms with van der Waals surface area (Å²) < 4.78 is 0. The zero-order chi connectivity index (χ0) is 13.1. The van der Waals surface area contributed by atoms with Crippen molar-refractivity contribution < 1.29 is 0 Å². The number of fused-ring (bicyclic) bond motifs is 1. The molecule has 2 aromatic rings. The van der Waals surface area contributed by atoms with Crippen molar-refractivity contribution in [3.8, 4) is 0 Å². The highest BCUT2D eigenvalue weighted by atomic mass is 14.9. The van der Waals surface area contributed by atoms with Gasteiger partial charge < -0.3 is 11.1 Å². The molecule has 0 amide bonds. The monoisotopic (exact) mass is 255 g/mol. The molecule has 1 saturated carbocycles. The highest BCUT2D eigenvalue weighted by Gasteiger charge is 2.32. The molecule has 100 valence electrons. The molecule has 0 atom stereocenters. The van der Waals surface area contributed by atoms with Gasteiger partial charge in [-0.3, -0.25) is 4.98 Å². The Bertz CT molecular complexity index is 553. The Labute approximate surface area is 114 Å². The molecule has 0 spiro atoms. The number of hydrogen-bond acceptors (Lipinski definition) is 3. The molecule has 3 nitrogen and oxygen atoms in total. The van der Waals surface area contributed by atoms with Crippen molar-refractivity contribution in [2.24, 2.45) is 11.1 Å². The summed E-state index contributed by atoms with van der Waals surface area (Å²) in [4.78, 5) is 4.39. The predicted octanol–water partition coefficient (Wildman–Crippen LogP) is 3.17. The topological polar surface area (TPSA) is 50.9 Å². The molecule has 0 unspecified atom stereocenters. The van der Waals surface area contributed by atoms with Gasteiger partial charge in [0.2, 0.25) is 0 Å². The first kappa shape index (κ1) is 12.4. The summed E-state index contributed by atoms with van der Waals surface area (Å²) in [5.74, 6) is 0. The number of nitrogens with two attached hydrogens (primary N) is 1. The van der Waals surface area contributed by atoms with Gasteiger partial charge in [-0.05, 0) is 36.9 Å². The molecule has 0 aliphatic heterocycles. The van der Waals surface area contributed by atoms with Crippen molar-refractivity contribution in [1.29, 1.82) is 0 Å². The van der Waals surface area contributed by atoms with Crippen LogP contribution in [0.25, 0.3) is 10.9 Å². The first-order chi connectivity index (χ1) is 9.33. The predicted molar refractivity (Wildman–Crippen MR) is 80.2 cm³/mol. The molecule has 0 radical (unpaired) electrons. The molecule has 1 aliphatic carbocycles. The van der Waals surface area contributed by atoms with Gasteiger partial charge in [-0.15, -0.1) is 0 Å². The molecule has 0 bridgehead atoms. The Hall–Kier alpha value is -1.61. The van der Waals surface area contributed by atoms with Crippen LogP contribution in [-0.4, -0.2) is 18.1 Å². The molecule has 1 aromatic carbocycles. The molecule has 3 N–H and O–H groups in total. The molecular formula is C16H21N3. The van der Waals surface area contributed by atoms with Crippen LogP contribution >= 0.6 is 0 Å². The molecule has 1 aliphatic rings. The Morgan fingerprint density at radius 3 is 2.74 bits per heavy atom. The standard InChI is InChI=1S/C16H21N3/c17-11-16(8-3-4-9-16)12-19-15-7-10-18-14-6-2-1-5-13(14)15/h1-2,5-7,10H,3-4,8-9,11-12,17H2,(H,18,19). The number of nitrogens with zero attached hydrogens (tertiary/aromatic N) is 1. The number of rotatable bonds is 4. The van der Waals surface area contributed by atoms with Gasteiger partial charge in [-0.1, -0.05) is 31.0 Å². The van der Waals surface area contributed by atoms with Gasteiger partial charge in [0.15, 0.2) is 0 Å². The summed E-state index contributed by atoms with van der Waals surface area (Å²) >= 11 is 0. The van der Waals surface area contributed by atoms with E-state index in [0.29, 0.717) is 5.41 Å². The van der Waals surface area contributed by atoms with Gasteiger partial charge in [0, 0.05) is 23.8 Å². The van der Waals surface area contributed by atoms with Crippen molar-refractivity contribution in [3.63, 3.8) is 0 Å². The van der Waals surface area contributed by atoms with Gasteiger partial charge in [-0.25, -0.2) is 0 Å². The Morgan fingerprint density at radius 1 is 1.16 bits per heavy atom. The second-order valence-electron chi connectivity index (χ2n) is 5.64. The number of aromatic nitrogens is 1. The Balaban J connectivity index is 1.82. The summed E-state index contributed by atoms with van der Waals surface area (Å²) in [7, 11) is 0. The average Bonchev–Trinajstić information content (AvgIpc) is 2.94. The number of hydrogen-bond donors (Lipinski definition) is 2. The third kappa shape index (κ3) is 2.43. The van der Waals surface area contributed by atoms with Gasteiger partial charge in [0.25, 0.3) is 0 Å². The maximum Gasteiger partial charge on any atom is 0.0722 e. The first-order valence-corrected chi connectivity index (χ1v) is 7.11. The molecule has 1 heterocycles. The zero-order valence-electron chi connectivity index (χ0n) is 11.2. The SMILES string of the molecule is NCC1(CNc2ccnc3ccccc23)CCCC1. The molecular weight excluding hydrogens is 234 g/mol. The third-order valence-corrected chi connectivity index (χ3v) is 4.40. The van der Waals surface area contributed by atoms with Crippen molar-refractivity contribution in [2.45, 2.75) is 25.7 Å². The minimum absolute atomic E-state index is 0.296. The number of nitrogens with one attached hydrogen (secondary N) is 1. The largest absolute Gasteiger partial charge is 0.384 e. The number of anilines is 1. The lowest BCUT2D eigenvalue weighted by atomic mass is 9.86. The zero-order valence-corrected chi connectivity index (χ0v) is 11.2. The van der Waals surface area contributed by atoms with E-state index < -0.39 is 0 Å². The van der Waals surface area contributed by atoms with Gasteiger partial charge in [-0.2, -0.15) is 0 Å². The summed E-state index contributed by atoms with van der Waals surface area (Å²) in [5.41, 5.74) is 8.50. The van der Waals surface area contributed by atoms with Crippen molar-refractivity contribution in [1.82, 2.24) is 4.98 Å². The van der Waals surface area contributed by atoms with E-state index in [-0.39, 0.29) is 0 Å². The van der Waals surface area contributed by atoms with E-state index in [1.807, 2.05) is 12.3 Å². The summed E-state index contributed by atoms with van der Waals surface area (Å²) in [6.07, 6.45) is 7.00. The average molecular weight is 255 g/mol. The van der Waals surface area contributed by atoms with Crippen molar-refractivity contribution in [3.05, 3.63) is 36.5 Å². The van der Waals surface area contributed by atoms with Crippen LogP contribution in [0.1, 0.15) is 25.7 Å². The van der Waals surface area contributed by atoms with E-state index in [0.717, 1.165) is 18.6 Å². The Morgan fingerprint density at radius 2 is 1.95 bits per heavy atom. The van der Waals surface area contributed by atoms with Crippen LogP contribution < -0.4 is 11.1 Å². The second-order valence-corrected chi connectivity index (χ2v) is 5.64. The summed E-state index contributed by atoms with van der Waals surface area (Å²) in [5, 5.41) is 4.79. The summed E-state index contributed by atoms with van der Waals surface area (Å²) in [6.45, 7) is 1.75. The van der Waals surface area contributed by atoms with Crippen molar-refractivity contribution in [2.75, 3.05) is 18.4 Å². The van der Waals surface area contributed by atoms with E-state index >= 15 is 0 Å². The summed E-state index contributed by atoms with van der Waals surface area (Å²) in [6, 6.07) is 10.3. The molecule has 0 saturated heterocycles. The number of pyridine rings is 1. The fourth-order valence-corrected chi connectivity index (χ4v) is 3.11. The van der Waals surface area contributed by atoms with Crippen molar-refractivity contribution >= 4 is 16.6 Å². The fraction of sp³-hybridized carbons (Fsp3) is 0.438. The van der Waals surface area contributed by atoms with Crippen LogP contribution in [-0.2, 0) is 0 Å². The maximum absolute atomic E-state index is 5.99. The normalized spacial score (nSPS) is 17.7. The second kappa shape index (κ2) is 5.17. The van der Waals surface area contributed by atoms with E-state index in [1.54, 1.807) is 0 Å². The molecule has 1 aromatic heterocycles. The number of benzene rings is 1. The van der Waals surface area contributed by atoms with Crippen LogP contribution in [0.4, 0.5) is 5.69 Å². The van der Waals surface area contributed by atoms with E-state index in [2.05, 4.69) is 34.6 Å². The quantitative estimate of drug-likeness (QED) is 0.882. The van der Waals surface area contributed by atoms with E-state index in [9.17, 15) is 0 Å². The highest BCUT2D eigenvalue weighted by Crippen LogP contribution is 2.37. The van der Waals surface area contributed by atoms with Gasteiger partial charge >= 0.3 is 0 Å². The molecule has 19 heavy (non-hydrogen) atoms. The van der Waals surface area contributed by atoms with E-state index in [4.69, 9.17) is 5.73 Å². The Kier molecular flexibility index (Phi) is 3.38. The number of para-hydroxylation sites is 1. The smallest absolute Gasteiger partial charge is 0.0722 e. The molecule has 1 fully saturated rings. The lowest BCUT2D eigenvalue weighted by Crippen LogP contribution is -2.34. The van der Waals surface area contributed by atoms with Crippen LogP contribution in [0, 0.1) is 5.41 Å². The first-order valence-electron chi connectivity index (χ1n) is 7.11. The van der Waals surface area contributed by atoms with Crippen LogP contribution in [0.15, 0.2) is 36.5 Å². The lowest BCUT2D eigenvalue weighted by Gasteiger charge is -2.28. The van der Waals surface area contributed by atoms with Gasteiger partial charge in [0.05, 0.1) is 5.52 Å². The maximum atomic E-state index is 5.99. The fourth-order valence-electron chi connectivity index (χ4n) is 3.11. The van der Waals surface area contributed by atoms with Gasteiger partial charge in [0.1, 0.15) is 0 Å². The molecule has 3 heteroatoms. The van der Waals surface area contributed by atoms with Crippen LogP contribution in [0.5, 0.6) is 0 Å². The van der Waals surface area contributed by atoms with Crippen LogP contribution in [0.2, 0.25) is 0 Å². The van der Waals surface area contributed by atoms with E-state index in [1.165, 1.54) is 36.8 Å². The third-order valence-electron chi connectivity index (χ3n) is 4.40. The minimum Gasteiger partial charge on any atom is -0.384 e. The minimum atomic E-state index is 0.296. The highest BCUT2D eigenvalue weighted by molar-refractivity contribution is 5.90. The molecule has 3 rings (SSSR count). The lowest BCUT2D eigenvalue weighted by molar-refractivity contribution is 0.332. The van der Waals surface area contributed by atoms with Crippen LogP contribution in [0.3, 0.4) is 0 Å².